The van der Waals surface area contributed by atoms with Crippen LogP contribution in [0.2, 0.25) is 5.02 Å². The molecule has 0 aliphatic rings. The van der Waals surface area contributed by atoms with E-state index in [1.165, 1.54) is 30.6 Å². The first-order valence-corrected chi connectivity index (χ1v) is 9.03. The van der Waals surface area contributed by atoms with Crippen molar-refractivity contribution in [3.8, 4) is 0 Å². The Morgan fingerprint density at radius 2 is 1.90 bits per heavy atom. The van der Waals surface area contributed by atoms with E-state index in [-0.39, 0.29) is 28.3 Å². The van der Waals surface area contributed by atoms with Crippen LogP contribution < -0.4 is 5.32 Å². The number of aromatic nitrogens is 2. The molecule has 3 aromatic rings. The molecule has 1 amide bonds. The minimum absolute atomic E-state index is 0.0473. The lowest BCUT2D eigenvalue weighted by Gasteiger charge is -2.17. The number of ether oxygens (including phenoxy) is 1. The van der Waals surface area contributed by atoms with Crippen molar-refractivity contribution in [2.24, 2.45) is 0 Å². The summed E-state index contributed by atoms with van der Waals surface area (Å²) in [6.45, 7) is 1.69. The van der Waals surface area contributed by atoms with Crippen LogP contribution in [-0.4, -0.2) is 39.0 Å². The Balaban J connectivity index is 1.77. The molecule has 0 fully saturated rings. The van der Waals surface area contributed by atoms with Crippen LogP contribution in [0.4, 0.5) is 5.69 Å². The zero-order valence-electron chi connectivity index (χ0n) is 15.3. The second-order valence-electron chi connectivity index (χ2n) is 6.02. The quantitative estimate of drug-likeness (QED) is 0.593. The van der Waals surface area contributed by atoms with Gasteiger partial charge >= 0.3 is 11.9 Å². The zero-order valence-corrected chi connectivity index (χ0v) is 16.0. The molecule has 2 N–H and O–H groups in total. The largest absolute Gasteiger partial charge is 0.478 e. The molecule has 0 bridgehead atoms. The fraction of sp³-hybridized carbons (Fsp3) is 0.150. The minimum atomic E-state index is -1.22. The number of amides is 1. The van der Waals surface area contributed by atoms with Gasteiger partial charge in [0, 0.05) is 18.1 Å². The van der Waals surface area contributed by atoms with E-state index in [9.17, 15) is 14.4 Å². The number of nitrogens with one attached hydrogen (secondary N) is 1. The molecule has 0 spiro atoms. The van der Waals surface area contributed by atoms with Crippen LogP contribution in [0.1, 0.15) is 34.1 Å². The van der Waals surface area contributed by atoms with Crippen molar-refractivity contribution in [2.45, 2.75) is 19.4 Å². The maximum absolute atomic E-state index is 12.6. The number of fused-ring (bicyclic) bond motifs is 1. The molecule has 1 atom stereocenters. The van der Waals surface area contributed by atoms with E-state index in [4.69, 9.17) is 21.4 Å². The average molecular weight is 414 g/mol. The molecule has 1 unspecified atom stereocenters. The summed E-state index contributed by atoms with van der Waals surface area (Å²) in [7, 11) is 0. The van der Waals surface area contributed by atoms with E-state index in [0.29, 0.717) is 11.0 Å². The number of carboxylic acid groups (broad SMARTS) is 1. The molecular weight excluding hydrogens is 398 g/mol. The van der Waals surface area contributed by atoms with E-state index < -0.39 is 23.9 Å². The van der Waals surface area contributed by atoms with Gasteiger partial charge in [-0.05, 0) is 36.8 Å². The van der Waals surface area contributed by atoms with Gasteiger partial charge in [-0.15, -0.1) is 0 Å². The van der Waals surface area contributed by atoms with Gasteiger partial charge in [0.05, 0.1) is 21.7 Å². The van der Waals surface area contributed by atoms with Crippen molar-refractivity contribution >= 4 is 46.2 Å². The fourth-order valence-corrected chi connectivity index (χ4v) is 2.86. The predicted octanol–water partition coefficient (Wildman–Crippen LogP) is 3.56. The number of carbonyl (C=O) groups is 3. The highest BCUT2D eigenvalue weighted by Gasteiger charge is 2.24. The summed E-state index contributed by atoms with van der Waals surface area (Å²) in [4.78, 5) is 44.6. The number of esters is 1. The summed E-state index contributed by atoms with van der Waals surface area (Å²) in [6, 6.07) is 8.96. The topological polar surface area (TPSA) is 118 Å². The Kier molecular flexibility index (Phi) is 6.04. The van der Waals surface area contributed by atoms with E-state index in [1.54, 1.807) is 25.1 Å². The van der Waals surface area contributed by atoms with Crippen LogP contribution in [0.3, 0.4) is 0 Å². The van der Waals surface area contributed by atoms with E-state index in [2.05, 4.69) is 15.3 Å². The molecule has 148 valence electrons. The van der Waals surface area contributed by atoms with E-state index >= 15 is 0 Å². The Bertz CT molecular complexity index is 1100. The minimum Gasteiger partial charge on any atom is -0.478 e. The molecule has 0 aliphatic heterocycles. The van der Waals surface area contributed by atoms with Crippen molar-refractivity contribution < 1.29 is 24.2 Å². The normalized spacial score (nSPS) is 11.7. The lowest BCUT2D eigenvalue weighted by Crippen LogP contribution is -2.32. The number of carbonyl (C=O) groups excluding carboxylic acids is 2. The van der Waals surface area contributed by atoms with Gasteiger partial charge in [0.2, 0.25) is 0 Å². The lowest BCUT2D eigenvalue weighted by molar-refractivity contribution is -0.124. The fourth-order valence-electron chi connectivity index (χ4n) is 2.66. The predicted molar refractivity (Wildman–Crippen MR) is 106 cm³/mol. The molecule has 0 saturated heterocycles. The lowest BCUT2D eigenvalue weighted by atomic mass is 10.1. The van der Waals surface area contributed by atoms with Crippen LogP contribution in [0, 0.1) is 0 Å². The highest BCUT2D eigenvalue weighted by molar-refractivity contribution is 6.33. The first kappa shape index (κ1) is 20.2. The number of anilines is 1. The third kappa shape index (κ3) is 4.49. The summed E-state index contributed by atoms with van der Waals surface area (Å²) < 4.78 is 5.37. The van der Waals surface area contributed by atoms with Crippen molar-refractivity contribution in [3.05, 3.63) is 64.9 Å². The van der Waals surface area contributed by atoms with Gasteiger partial charge in [0.15, 0.2) is 6.10 Å². The Morgan fingerprint density at radius 1 is 1.14 bits per heavy atom. The molecule has 8 nitrogen and oxygen atoms in total. The van der Waals surface area contributed by atoms with E-state index in [1.807, 2.05) is 0 Å². The molecule has 1 aromatic heterocycles. The van der Waals surface area contributed by atoms with Gasteiger partial charge in [-0.25, -0.2) is 9.59 Å². The molecule has 9 heteroatoms. The number of benzene rings is 2. The first-order valence-electron chi connectivity index (χ1n) is 8.65. The molecule has 3 rings (SSSR count). The van der Waals surface area contributed by atoms with Crippen molar-refractivity contribution in [2.75, 3.05) is 5.32 Å². The Hall–Kier alpha value is -3.52. The molecule has 29 heavy (non-hydrogen) atoms. The monoisotopic (exact) mass is 413 g/mol. The first-order chi connectivity index (χ1) is 13.9. The maximum Gasteiger partial charge on any atom is 0.341 e. The second kappa shape index (κ2) is 8.66. The molecule has 1 heterocycles. The number of hydrogen-bond donors (Lipinski definition) is 2. The highest BCUT2D eigenvalue weighted by Crippen LogP contribution is 2.21. The molecule has 0 saturated carbocycles. The molecule has 2 aromatic carbocycles. The second-order valence-corrected chi connectivity index (χ2v) is 6.43. The standard InChI is InChI=1S/C20H16ClN3O5/c1-2-16(18(25)24-11-6-7-14(21)13(10-11)19(26)27)29-20(28)12-4-3-5-15-17(12)23-9-8-22-15/h3-10,16H,2H2,1H3,(H,24,25)(H,26,27). The number of nitrogens with zero attached hydrogens (tertiary/aromatic N) is 2. The van der Waals surface area contributed by atoms with Crippen LogP contribution in [0.15, 0.2) is 48.8 Å². The number of carboxylic acids is 1. The summed E-state index contributed by atoms with van der Waals surface area (Å²) in [5.74, 6) is -2.52. The highest BCUT2D eigenvalue weighted by atomic mass is 35.5. The van der Waals surface area contributed by atoms with Crippen LogP contribution in [0.5, 0.6) is 0 Å². The van der Waals surface area contributed by atoms with Crippen molar-refractivity contribution in [1.29, 1.82) is 0 Å². The number of para-hydroxylation sites is 1. The summed E-state index contributed by atoms with van der Waals surface area (Å²) in [5, 5.41) is 11.7. The van der Waals surface area contributed by atoms with Crippen LogP contribution in [0.25, 0.3) is 11.0 Å². The summed E-state index contributed by atoms with van der Waals surface area (Å²) in [5.41, 5.74) is 1.17. The number of hydrogen-bond acceptors (Lipinski definition) is 6. The summed E-state index contributed by atoms with van der Waals surface area (Å²) >= 11 is 5.83. The Labute approximate surface area is 170 Å². The van der Waals surface area contributed by atoms with Gasteiger partial charge in [-0.1, -0.05) is 24.6 Å². The van der Waals surface area contributed by atoms with Gasteiger partial charge in [0.1, 0.15) is 5.52 Å². The molecule has 0 radical (unpaired) electrons. The number of rotatable bonds is 6. The van der Waals surface area contributed by atoms with Gasteiger partial charge < -0.3 is 15.2 Å². The van der Waals surface area contributed by atoms with Crippen LogP contribution in [-0.2, 0) is 9.53 Å². The van der Waals surface area contributed by atoms with Crippen molar-refractivity contribution in [1.82, 2.24) is 9.97 Å². The molecular formula is C20H16ClN3O5. The van der Waals surface area contributed by atoms with E-state index in [0.717, 1.165) is 0 Å². The Morgan fingerprint density at radius 3 is 2.62 bits per heavy atom. The zero-order chi connectivity index (χ0) is 21.0. The smallest absolute Gasteiger partial charge is 0.341 e. The van der Waals surface area contributed by atoms with Crippen LogP contribution >= 0.6 is 11.6 Å². The maximum atomic E-state index is 12.6. The number of aromatic carboxylic acids is 1. The summed E-state index contributed by atoms with van der Waals surface area (Å²) in [6.07, 6.45) is 2.10. The average Bonchev–Trinajstić information content (AvgIpc) is 2.72. The third-order valence-corrected chi connectivity index (χ3v) is 4.42. The third-order valence-electron chi connectivity index (χ3n) is 4.10. The van der Waals surface area contributed by atoms with Crippen molar-refractivity contribution in [3.63, 3.8) is 0 Å². The van der Waals surface area contributed by atoms with Gasteiger partial charge in [-0.3, -0.25) is 14.8 Å². The van der Waals surface area contributed by atoms with Gasteiger partial charge in [0.25, 0.3) is 5.91 Å². The molecule has 0 aliphatic carbocycles. The number of halogens is 1. The van der Waals surface area contributed by atoms with Gasteiger partial charge in [-0.2, -0.15) is 0 Å². The SMILES string of the molecule is CCC(OC(=O)c1cccc2nccnc12)C(=O)Nc1ccc(Cl)c(C(=O)O)c1.